The van der Waals surface area contributed by atoms with Gasteiger partial charge in [0, 0.05) is 17.5 Å². The van der Waals surface area contributed by atoms with Crippen molar-refractivity contribution in [1.82, 2.24) is 9.88 Å². The number of aliphatic hydroxyl groups is 1. The summed E-state index contributed by atoms with van der Waals surface area (Å²) in [7, 11) is 0. The molecule has 0 aliphatic heterocycles. The molecule has 0 spiro atoms. The molecule has 1 aromatic heterocycles. The zero-order valence-corrected chi connectivity index (χ0v) is 12.3. The maximum atomic E-state index is 9.25. The summed E-state index contributed by atoms with van der Waals surface area (Å²) < 4.78 is 0. The summed E-state index contributed by atoms with van der Waals surface area (Å²) >= 11 is 1.80. The average molecular weight is 268 g/mol. The van der Waals surface area contributed by atoms with E-state index in [0.29, 0.717) is 6.04 Å². The zero-order valence-electron chi connectivity index (χ0n) is 11.5. The maximum absolute atomic E-state index is 9.25. The van der Waals surface area contributed by atoms with Gasteiger partial charge >= 0.3 is 0 Å². The molecular weight excluding hydrogens is 244 g/mol. The first kappa shape index (κ1) is 14.0. The molecule has 0 radical (unpaired) electrons. The second-order valence-electron chi connectivity index (χ2n) is 5.24. The lowest BCUT2D eigenvalue weighted by Crippen LogP contribution is -2.38. The molecule has 0 aromatic carbocycles. The smallest absolute Gasteiger partial charge is 0.107 e. The van der Waals surface area contributed by atoms with Crippen molar-refractivity contribution in [2.75, 3.05) is 13.2 Å². The van der Waals surface area contributed by atoms with Crippen LogP contribution in [0.1, 0.15) is 47.7 Å². The van der Waals surface area contributed by atoms with Gasteiger partial charge in [-0.25, -0.2) is 4.98 Å². The fourth-order valence-electron chi connectivity index (χ4n) is 2.75. The number of hydrogen-bond acceptors (Lipinski definition) is 4. The number of nitrogens with zero attached hydrogens (tertiary/aromatic N) is 2. The van der Waals surface area contributed by atoms with Gasteiger partial charge < -0.3 is 5.11 Å². The van der Waals surface area contributed by atoms with Crippen molar-refractivity contribution in [3.63, 3.8) is 0 Å². The highest BCUT2D eigenvalue weighted by Gasteiger charge is 2.21. The van der Waals surface area contributed by atoms with Crippen molar-refractivity contribution >= 4 is 11.3 Å². The topological polar surface area (TPSA) is 36.4 Å². The molecule has 4 heteroatoms. The Morgan fingerprint density at radius 1 is 1.28 bits per heavy atom. The summed E-state index contributed by atoms with van der Waals surface area (Å²) in [6, 6.07) is 0.649. The monoisotopic (exact) mass is 268 g/mol. The lowest BCUT2D eigenvalue weighted by molar-refractivity contribution is 0.117. The first-order valence-corrected chi connectivity index (χ1v) is 7.80. The van der Waals surface area contributed by atoms with E-state index in [4.69, 9.17) is 0 Å². The second-order valence-corrected chi connectivity index (χ2v) is 6.52. The van der Waals surface area contributed by atoms with Crippen molar-refractivity contribution in [2.24, 2.45) is 0 Å². The average Bonchev–Trinajstić information content (AvgIpc) is 2.69. The summed E-state index contributed by atoms with van der Waals surface area (Å²) in [6.07, 6.45) is 6.61. The van der Waals surface area contributed by atoms with Crippen LogP contribution in [0.4, 0.5) is 0 Å². The molecule has 3 nitrogen and oxygen atoms in total. The predicted molar refractivity (Wildman–Crippen MR) is 76.0 cm³/mol. The van der Waals surface area contributed by atoms with Crippen LogP contribution in [-0.2, 0) is 6.54 Å². The summed E-state index contributed by atoms with van der Waals surface area (Å²) in [5.41, 5.74) is 1.16. The number of aryl methyl sites for hydroxylation is 2. The van der Waals surface area contributed by atoms with Crippen LogP contribution in [0.3, 0.4) is 0 Å². The Kier molecular flexibility index (Phi) is 5.15. The van der Waals surface area contributed by atoms with E-state index in [1.54, 1.807) is 11.3 Å². The highest BCUT2D eigenvalue weighted by Crippen LogP contribution is 2.25. The van der Waals surface area contributed by atoms with Crippen LogP contribution < -0.4 is 0 Å². The molecular formula is C14H24N2OS. The van der Waals surface area contributed by atoms with E-state index in [-0.39, 0.29) is 6.61 Å². The van der Waals surface area contributed by atoms with Crippen LogP contribution in [0.5, 0.6) is 0 Å². The predicted octanol–water partition coefficient (Wildman–Crippen LogP) is 2.89. The molecule has 2 rings (SSSR count). The van der Waals surface area contributed by atoms with Crippen molar-refractivity contribution in [3.8, 4) is 0 Å². The van der Waals surface area contributed by atoms with E-state index in [0.717, 1.165) is 18.8 Å². The molecule has 1 N–H and O–H groups in total. The fourth-order valence-corrected chi connectivity index (χ4v) is 3.71. The molecule has 0 atom stereocenters. The molecule has 0 saturated heterocycles. The summed E-state index contributed by atoms with van der Waals surface area (Å²) in [4.78, 5) is 8.37. The Labute approximate surface area is 114 Å². The molecule has 1 fully saturated rings. The minimum atomic E-state index is 0.250. The van der Waals surface area contributed by atoms with Crippen molar-refractivity contribution in [2.45, 2.75) is 58.5 Å². The minimum Gasteiger partial charge on any atom is -0.395 e. The van der Waals surface area contributed by atoms with Crippen LogP contribution in [0.2, 0.25) is 0 Å². The molecule has 1 aliphatic rings. The van der Waals surface area contributed by atoms with E-state index >= 15 is 0 Å². The molecule has 1 aliphatic carbocycles. The number of thiazole rings is 1. The van der Waals surface area contributed by atoms with Crippen LogP contribution in [0.25, 0.3) is 0 Å². The van der Waals surface area contributed by atoms with Crippen molar-refractivity contribution < 1.29 is 5.11 Å². The van der Waals surface area contributed by atoms with Gasteiger partial charge in [0.25, 0.3) is 0 Å². The molecule has 1 saturated carbocycles. The van der Waals surface area contributed by atoms with Gasteiger partial charge in [-0.05, 0) is 26.7 Å². The first-order valence-electron chi connectivity index (χ1n) is 6.98. The molecule has 102 valence electrons. The quantitative estimate of drug-likeness (QED) is 0.892. The molecule has 0 bridgehead atoms. The van der Waals surface area contributed by atoms with Gasteiger partial charge in [-0.2, -0.15) is 0 Å². The van der Waals surface area contributed by atoms with Crippen LogP contribution in [0.15, 0.2) is 0 Å². The van der Waals surface area contributed by atoms with Gasteiger partial charge in [0.15, 0.2) is 0 Å². The Balaban J connectivity index is 2.00. The standard InChI is InChI=1S/C14H24N2OS/c1-11-12(2)18-14(15-11)10-16(8-9-17)13-6-4-3-5-7-13/h13,17H,3-10H2,1-2H3. The van der Waals surface area contributed by atoms with Gasteiger partial charge in [0.05, 0.1) is 18.8 Å². The van der Waals surface area contributed by atoms with E-state index in [9.17, 15) is 5.11 Å². The number of aromatic nitrogens is 1. The van der Waals surface area contributed by atoms with E-state index in [2.05, 4.69) is 23.7 Å². The summed E-state index contributed by atoms with van der Waals surface area (Å²) in [5, 5.41) is 10.4. The van der Waals surface area contributed by atoms with Gasteiger partial charge in [-0.3, -0.25) is 4.90 Å². The SMILES string of the molecule is Cc1nc(CN(CCO)C2CCCCC2)sc1C. The van der Waals surface area contributed by atoms with Crippen LogP contribution >= 0.6 is 11.3 Å². The van der Waals surface area contributed by atoms with Crippen molar-refractivity contribution in [1.29, 1.82) is 0 Å². The van der Waals surface area contributed by atoms with E-state index < -0.39 is 0 Å². The Morgan fingerprint density at radius 3 is 2.56 bits per heavy atom. The third kappa shape index (κ3) is 3.53. The molecule has 1 heterocycles. The largest absolute Gasteiger partial charge is 0.395 e. The Bertz CT molecular complexity index is 352. The normalized spacial score (nSPS) is 17.6. The molecule has 0 unspecified atom stereocenters. The van der Waals surface area contributed by atoms with Crippen LogP contribution in [-0.4, -0.2) is 34.2 Å². The third-order valence-corrected chi connectivity index (χ3v) is 4.95. The fraction of sp³-hybridized carbons (Fsp3) is 0.786. The summed E-state index contributed by atoms with van der Waals surface area (Å²) in [5.74, 6) is 0. The van der Waals surface area contributed by atoms with E-state index in [1.165, 1.54) is 42.0 Å². The lowest BCUT2D eigenvalue weighted by atomic mass is 9.94. The Hall–Kier alpha value is -0.450. The van der Waals surface area contributed by atoms with Crippen molar-refractivity contribution in [3.05, 3.63) is 15.6 Å². The van der Waals surface area contributed by atoms with Crippen LogP contribution in [0, 0.1) is 13.8 Å². The molecule has 1 aromatic rings. The van der Waals surface area contributed by atoms with Gasteiger partial charge in [0.2, 0.25) is 0 Å². The molecule has 0 amide bonds. The zero-order chi connectivity index (χ0) is 13.0. The van der Waals surface area contributed by atoms with E-state index in [1.807, 2.05) is 0 Å². The lowest BCUT2D eigenvalue weighted by Gasteiger charge is -2.33. The number of aliphatic hydroxyl groups excluding tert-OH is 1. The highest BCUT2D eigenvalue weighted by molar-refractivity contribution is 7.11. The van der Waals surface area contributed by atoms with Gasteiger partial charge in [-0.15, -0.1) is 11.3 Å². The second kappa shape index (κ2) is 6.64. The van der Waals surface area contributed by atoms with Gasteiger partial charge in [0.1, 0.15) is 5.01 Å². The minimum absolute atomic E-state index is 0.250. The molecule has 18 heavy (non-hydrogen) atoms. The number of rotatable bonds is 5. The highest BCUT2D eigenvalue weighted by atomic mass is 32.1. The third-order valence-electron chi connectivity index (χ3n) is 3.89. The summed E-state index contributed by atoms with van der Waals surface area (Å²) in [6.45, 7) is 6.15. The van der Waals surface area contributed by atoms with Gasteiger partial charge in [-0.1, -0.05) is 19.3 Å². The maximum Gasteiger partial charge on any atom is 0.107 e. The number of hydrogen-bond donors (Lipinski definition) is 1. The Morgan fingerprint density at radius 2 is 2.00 bits per heavy atom. The first-order chi connectivity index (χ1) is 8.70.